The van der Waals surface area contributed by atoms with Gasteiger partial charge in [0.15, 0.2) is 5.82 Å². The molecule has 2 heterocycles. The molecule has 8 nitrogen and oxygen atoms in total. The van der Waals surface area contributed by atoms with Gasteiger partial charge in [-0.3, -0.25) is 0 Å². The molecule has 1 aromatic carbocycles. The van der Waals surface area contributed by atoms with Crippen molar-refractivity contribution in [3.05, 3.63) is 36.0 Å². The maximum Gasteiger partial charge on any atom is 0.416 e. The molecule has 0 spiro atoms. The van der Waals surface area contributed by atoms with E-state index in [4.69, 9.17) is 4.74 Å². The first-order valence-corrected chi connectivity index (χ1v) is 8.86. The molecular weight excluding hydrogens is 389 g/mol. The summed E-state index contributed by atoms with van der Waals surface area (Å²) in [6, 6.07) is 3.70. The lowest BCUT2D eigenvalue weighted by Gasteiger charge is -2.28. The van der Waals surface area contributed by atoms with Gasteiger partial charge in [0, 0.05) is 32.9 Å². The van der Waals surface area contributed by atoms with Crippen LogP contribution in [0.4, 0.5) is 41.1 Å². The van der Waals surface area contributed by atoms with Crippen LogP contribution in [0.3, 0.4) is 0 Å². The summed E-state index contributed by atoms with van der Waals surface area (Å²) in [5.41, 5.74) is -0.492. The average molecular weight is 410 g/mol. The molecule has 0 atom stereocenters. The summed E-state index contributed by atoms with van der Waals surface area (Å²) < 4.78 is 43.8. The molecular formula is C18H21F3N6O2. The molecule has 2 aromatic rings. The first-order valence-electron chi connectivity index (χ1n) is 8.86. The highest BCUT2D eigenvalue weighted by Crippen LogP contribution is 2.31. The number of carbonyl (C=O) groups is 1. The summed E-state index contributed by atoms with van der Waals surface area (Å²) in [5, 5.41) is 4.98. The molecule has 1 aliphatic rings. The Hall–Kier alpha value is -3.08. The number of carbonyl (C=O) groups excluding carboxylic acids is 1. The van der Waals surface area contributed by atoms with Gasteiger partial charge >= 0.3 is 12.2 Å². The van der Waals surface area contributed by atoms with Crippen molar-refractivity contribution in [2.75, 3.05) is 60.8 Å². The second-order valence-corrected chi connectivity index (χ2v) is 6.56. The molecule has 0 aliphatic carbocycles. The Kier molecular flexibility index (Phi) is 6.06. The van der Waals surface area contributed by atoms with Gasteiger partial charge in [0.1, 0.15) is 5.69 Å². The number of alkyl halides is 3. The molecule has 1 aromatic heterocycles. The Balaban J connectivity index is 1.74. The third kappa shape index (κ3) is 5.25. The van der Waals surface area contributed by atoms with Crippen LogP contribution in [0.2, 0.25) is 0 Å². The molecule has 0 radical (unpaired) electrons. The predicted octanol–water partition coefficient (Wildman–Crippen LogP) is 3.04. The molecule has 0 bridgehead atoms. The highest BCUT2D eigenvalue weighted by Gasteiger charge is 2.30. The highest BCUT2D eigenvalue weighted by molar-refractivity contribution is 6.01. The van der Waals surface area contributed by atoms with Crippen molar-refractivity contribution >= 4 is 29.2 Å². The number of urea groups is 1. The zero-order valence-corrected chi connectivity index (χ0v) is 16.0. The van der Waals surface area contributed by atoms with Gasteiger partial charge in [-0.25, -0.2) is 9.78 Å². The minimum absolute atomic E-state index is 0.0228. The minimum atomic E-state index is -4.49. The van der Waals surface area contributed by atoms with Crippen LogP contribution < -0.4 is 20.4 Å². The molecule has 156 valence electrons. The number of hydrogen-bond acceptors (Lipinski definition) is 6. The van der Waals surface area contributed by atoms with Crippen molar-refractivity contribution < 1.29 is 22.7 Å². The fraction of sp³-hybridized carbons (Fsp3) is 0.389. The standard InChI is InChI=1S/C18H21F3N6O2/c1-26(2)15-14(11-22-16(25-15)27-6-8-29-9-7-27)24-17(28)23-13-5-3-4-12(10-13)18(19,20)21/h3-5,10-11H,6-9H2,1-2H3,(H2,23,24,28). The molecule has 2 N–H and O–H groups in total. The quantitative estimate of drug-likeness (QED) is 0.806. The van der Waals surface area contributed by atoms with E-state index in [1.165, 1.54) is 18.3 Å². The molecule has 1 aliphatic heterocycles. The van der Waals surface area contributed by atoms with E-state index < -0.39 is 17.8 Å². The maximum absolute atomic E-state index is 12.8. The third-order valence-electron chi connectivity index (χ3n) is 4.17. The van der Waals surface area contributed by atoms with Crippen LogP contribution in [-0.4, -0.2) is 56.4 Å². The first-order chi connectivity index (χ1) is 13.7. The Labute approximate surface area is 165 Å². The number of rotatable bonds is 4. The van der Waals surface area contributed by atoms with E-state index in [-0.39, 0.29) is 5.69 Å². The number of aromatic nitrogens is 2. The van der Waals surface area contributed by atoms with Gasteiger partial charge in [0.2, 0.25) is 5.95 Å². The third-order valence-corrected chi connectivity index (χ3v) is 4.17. The number of anilines is 4. The molecule has 29 heavy (non-hydrogen) atoms. The predicted molar refractivity (Wildman–Crippen MR) is 103 cm³/mol. The Morgan fingerprint density at radius 1 is 1.21 bits per heavy atom. The molecule has 3 rings (SSSR count). The van der Waals surface area contributed by atoms with Crippen LogP contribution in [0.25, 0.3) is 0 Å². The number of benzene rings is 1. The maximum atomic E-state index is 12.8. The summed E-state index contributed by atoms with van der Waals surface area (Å²) in [4.78, 5) is 24.8. The summed E-state index contributed by atoms with van der Waals surface area (Å²) in [5.74, 6) is 0.988. The van der Waals surface area contributed by atoms with Crippen molar-refractivity contribution in [2.45, 2.75) is 6.18 Å². The SMILES string of the molecule is CN(C)c1nc(N2CCOCC2)ncc1NC(=O)Nc1cccc(C(F)(F)F)c1. The van der Waals surface area contributed by atoms with E-state index in [9.17, 15) is 18.0 Å². The number of ether oxygens (including phenoxy) is 1. The Morgan fingerprint density at radius 3 is 2.59 bits per heavy atom. The fourth-order valence-corrected chi connectivity index (χ4v) is 2.77. The van der Waals surface area contributed by atoms with Gasteiger partial charge < -0.3 is 25.2 Å². The van der Waals surface area contributed by atoms with Gasteiger partial charge in [-0.1, -0.05) is 6.07 Å². The number of morpholine rings is 1. The number of halogens is 3. The second kappa shape index (κ2) is 8.52. The van der Waals surface area contributed by atoms with Crippen LogP contribution in [-0.2, 0) is 10.9 Å². The van der Waals surface area contributed by atoms with Gasteiger partial charge in [0.25, 0.3) is 0 Å². The lowest BCUT2D eigenvalue weighted by Crippen LogP contribution is -2.37. The van der Waals surface area contributed by atoms with E-state index in [1.807, 2.05) is 4.90 Å². The first kappa shape index (κ1) is 20.6. The molecule has 2 amide bonds. The zero-order valence-electron chi connectivity index (χ0n) is 16.0. The van der Waals surface area contributed by atoms with Gasteiger partial charge in [-0.2, -0.15) is 18.2 Å². The molecule has 11 heteroatoms. The molecule has 0 saturated carbocycles. The minimum Gasteiger partial charge on any atom is -0.378 e. The van der Waals surface area contributed by atoms with Crippen LogP contribution in [0.5, 0.6) is 0 Å². The normalized spacial score (nSPS) is 14.4. The van der Waals surface area contributed by atoms with Crippen molar-refractivity contribution in [1.82, 2.24) is 9.97 Å². The number of hydrogen-bond donors (Lipinski definition) is 2. The van der Waals surface area contributed by atoms with E-state index in [2.05, 4.69) is 20.6 Å². The zero-order chi connectivity index (χ0) is 21.0. The summed E-state index contributed by atoms with van der Waals surface area (Å²) in [6.45, 7) is 2.49. The van der Waals surface area contributed by atoms with E-state index in [0.717, 1.165) is 12.1 Å². The summed E-state index contributed by atoms with van der Waals surface area (Å²) in [7, 11) is 3.53. The molecule has 0 unspecified atom stereocenters. The monoisotopic (exact) mass is 410 g/mol. The highest BCUT2D eigenvalue weighted by atomic mass is 19.4. The van der Waals surface area contributed by atoms with Crippen LogP contribution in [0.1, 0.15) is 5.56 Å². The molecule has 1 fully saturated rings. The van der Waals surface area contributed by atoms with Crippen molar-refractivity contribution in [3.63, 3.8) is 0 Å². The topological polar surface area (TPSA) is 82.6 Å². The van der Waals surface area contributed by atoms with Gasteiger partial charge in [0.05, 0.1) is 25.0 Å². The van der Waals surface area contributed by atoms with E-state index in [1.54, 1.807) is 19.0 Å². The van der Waals surface area contributed by atoms with Crippen molar-refractivity contribution in [3.8, 4) is 0 Å². The van der Waals surface area contributed by atoms with Crippen LogP contribution >= 0.6 is 0 Å². The van der Waals surface area contributed by atoms with E-state index >= 15 is 0 Å². The van der Waals surface area contributed by atoms with Crippen molar-refractivity contribution in [1.29, 1.82) is 0 Å². The lowest BCUT2D eigenvalue weighted by molar-refractivity contribution is -0.137. The number of nitrogens with one attached hydrogen (secondary N) is 2. The average Bonchev–Trinajstić information content (AvgIpc) is 2.68. The largest absolute Gasteiger partial charge is 0.416 e. The second-order valence-electron chi connectivity index (χ2n) is 6.56. The number of amides is 2. The summed E-state index contributed by atoms with van der Waals surface area (Å²) >= 11 is 0. The van der Waals surface area contributed by atoms with Gasteiger partial charge in [-0.05, 0) is 18.2 Å². The number of nitrogens with zero attached hydrogens (tertiary/aromatic N) is 4. The van der Waals surface area contributed by atoms with E-state index in [0.29, 0.717) is 43.8 Å². The molecule has 1 saturated heterocycles. The van der Waals surface area contributed by atoms with Crippen LogP contribution in [0, 0.1) is 0 Å². The Morgan fingerprint density at radius 2 is 1.93 bits per heavy atom. The Bertz CT molecular complexity index is 869. The summed E-state index contributed by atoms with van der Waals surface area (Å²) in [6.07, 6.45) is -3.02. The van der Waals surface area contributed by atoms with Crippen molar-refractivity contribution in [2.24, 2.45) is 0 Å². The van der Waals surface area contributed by atoms with Gasteiger partial charge in [-0.15, -0.1) is 0 Å². The fourth-order valence-electron chi connectivity index (χ4n) is 2.77. The lowest BCUT2D eigenvalue weighted by atomic mass is 10.2. The smallest absolute Gasteiger partial charge is 0.378 e. The van der Waals surface area contributed by atoms with Crippen LogP contribution in [0.15, 0.2) is 30.5 Å².